The third-order valence-electron chi connectivity index (χ3n) is 3.12. The van der Waals surface area contributed by atoms with Crippen LogP contribution in [0.15, 0.2) is 30.3 Å². The van der Waals surface area contributed by atoms with Crippen molar-refractivity contribution in [3.05, 3.63) is 44.3 Å². The molecule has 0 fully saturated rings. The maximum absolute atomic E-state index is 12.4. The maximum atomic E-state index is 12.4. The molecule has 122 valence electrons. The lowest BCUT2D eigenvalue weighted by Gasteiger charge is -2.16. The zero-order valence-electron chi connectivity index (χ0n) is 13.5. The van der Waals surface area contributed by atoms with E-state index in [-0.39, 0.29) is 11.8 Å². The average Bonchev–Trinajstić information content (AvgIpc) is 2.78. The molecule has 0 radical (unpaired) electrons. The van der Waals surface area contributed by atoms with E-state index in [0.29, 0.717) is 9.88 Å². The Hall–Kier alpha value is -1.41. The van der Waals surface area contributed by atoms with Gasteiger partial charge in [-0.15, -0.1) is 11.3 Å². The van der Waals surface area contributed by atoms with Crippen LogP contribution in [0.4, 0.5) is 10.7 Å². The van der Waals surface area contributed by atoms with Gasteiger partial charge in [-0.3, -0.25) is 9.59 Å². The number of hydrogen-bond donors (Lipinski definition) is 2. The molecule has 2 rings (SSSR count). The predicted octanol–water partition coefficient (Wildman–Crippen LogP) is 4.90. The Balaban J connectivity index is 2.14. The largest absolute Gasteiger partial charge is 0.321 e. The molecule has 6 heteroatoms. The molecule has 0 bridgehead atoms. The molecule has 0 saturated heterocycles. The first kappa shape index (κ1) is 17.9. The number of aryl methyl sites for hydroxylation is 1. The van der Waals surface area contributed by atoms with E-state index in [1.54, 1.807) is 0 Å². The Labute approximate surface area is 153 Å². The van der Waals surface area contributed by atoms with Crippen molar-refractivity contribution < 1.29 is 9.59 Å². The number of thiophene rings is 1. The molecule has 2 aromatic rings. The first-order valence-electron chi connectivity index (χ1n) is 7.15. The lowest BCUT2D eigenvalue weighted by molar-refractivity contribution is -0.123. The van der Waals surface area contributed by atoms with Crippen molar-refractivity contribution in [2.24, 2.45) is 5.41 Å². The van der Waals surface area contributed by atoms with Crippen LogP contribution < -0.4 is 10.6 Å². The van der Waals surface area contributed by atoms with Crippen LogP contribution in [0.25, 0.3) is 0 Å². The molecule has 0 aliphatic heterocycles. The number of nitrogens with one attached hydrogen (secondary N) is 2. The summed E-state index contributed by atoms with van der Waals surface area (Å²) in [5.74, 6) is -0.228. The van der Waals surface area contributed by atoms with Crippen LogP contribution in [-0.2, 0) is 4.79 Å². The van der Waals surface area contributed by atoms with Gasteiger partial charge >= 0.3 is 0 Å². The van der Waals surface area contributed by atoms with Crippen molar-refractivity contribution in [3.8, 4) is 0 Å². The SMILES string of the molecule is Cc1cc(NC(=O)C(C)(C)C)sc1C(=O)Nc1cccc(I)c1. The molecular formula is C17H19IN2O2S. The number of hydrogen-bond acceptors (Lipinski definition) is 3. The Morgan fingerprint density at radius 2 is 1.83 bits per heavy atom. The number of amides is 2. The minimum atomic E-state index is -0.471. The second-order valence-corrected chi connectivity index (χ2v) is 8.59. The minimum absolute atomic E-state index is 0.0664. The van der Waals surface area contributed by atoms with E-state index in [0.717, 1.165) is 14.8 Å². The van der Waals surface area contributed by atoms with Gasteiger partial charge in [0, 0.05) is 14.7 Å². The van der Waals surface area contributed by atoms with Crippen LogP contribution in [-0.4, -0.2) is 11.8 Å². The average molecular weight is 442 g/mol. The Bertz CT molecular complexity index is 747. The molecule has 23 heavy (non-hydrogen) atoms. The molecule has 1 aromatic heterocycles. The zero-order valence-corrected chi connectivity index (χ0v) is 16.5. The lowest BCUT2D eigenvalue weighted by atomic mass is 9.96. The summed E-state index contributed by atoms with van der Waals surface area (Å²) in [5.41, 5.74) is 1.14. The van der Waals surface area contributed by atoms with Gasteiger partial charge in [0.15, 0.2) is 0 Å². The van der Waals surface area contributed by atoms with Crippen LogP contribution in [0.2, 0.25) is 0 Å². The van der Waals surface area contributed by atoms with Crippen molar-refractivity contribution in [2.45, 2.75) is 27.7 Å². The first-order valence-corrected chi connectivity index (χ1v) is 9.05. The van der Waals surface area contributed by atoms with Crippen molar-refractivity contribution in [2.75, 3.05) is 10.6 Å². The molecule has 2 N–H and O–H groups in total. The molecule has 0 unspecified atom stereocenters. The van der Waals surface area contributed by atoms with E-state index in [1.165, 1.54) is 11.3 Å². The van der Waals surface area contributed by atoms with Gasteiger partial charge in [-0.1, -0.05) is 26.8 Å². The molecule has 0 atom stereocenters. The Kier molecular flexibility index (Phi) is 5.46. The summed E-state index contributed by atoms with van der Waals surface area (Å²) >= 11 is 3.49. The van der Waals surface area contributed by atoms with Crippen molar-refractivity contribution in [3.63, 3.8) is 0 Å². The zero-order chi connectivity index (χ0) is 17.2. The third-order valence-corrected chi connectivity index (χ3v) is 4.95. The second-order valence-electron chi connectivity index (χ2n) is 6.29. The van der Waals surface area contributed by atoms with Gasteiger partial charge in [-0.2, -0.15) is 0 Å². The van der Waals surface area contributed by atoms with Crippen LogP contribution in [0, 0.1) is 15.9 Å². The topological polar surface area (TPSA) is 58.2 Å². The van der Waals surface area contributed by atoms with E-state index in [2.05, 4.69) is 33.2 Å². The first-order chi connectivity index (χ1) is 10.7. The van der Waals surface area contributed by atoms with E-state index in [1.807, 2.05) is 58.0 Å². The second kappa shape index (κ2) is 7.00. The number of halogens is 1. The standard InChI is InChI=1S/C17H19IN2O2S/c1-10-8-13(20-16(22)17(2,3)4)23-14(10)15(21)19-12-7-5-6-11(18)9-12/h5-9H,1-4H3,(H,19,21)(H,20,22). The van der Waals surface area contributed by atoms with Gasteiger partial charge in [0.2, 0.25) is 5.91 Å². The van der Waals surface area contributed by atoms with Gasteiger partial charge < -0.3 is 10.6 Å². The predicted molar refractivity (Wildman–Crippen MR) is 104 cm³/mol. The van der Waals surface area contributed by atoms with Gasteiger partial charge in [0.05, 0.1) is 9.88 Å². The van der Waals surface area contributed by atoms with Gasteiger partial charge in [0.1, 0.15) is 0 Å². The van der Waals surface area contributed by atoms with E-state index in [9.17, 15) is 9.59 Å². The van der Waals surface area contributed by atoms with Crippen molar-refractivity contribution in [1.29, 1.82) is 0 Å². The summed E-state index contributed by atoms with van der Waals surface area (Å²) in [5, 5.41) is 6.45. The number of benzene rings is 1. The van der Waals surface area contributed by atoms with Gasteiger partial charge in [-0.05, 0) is 59.3 Å². The fraction of sp³-hybridized carbons (Fsp3) is 0.294. The van der Waals surface area contributed by atoms with Gasteiger partial charge in [-0.25, -0.2) is 0 Å². The summed E-state index contributed by atoms with van der Waals surface area (Å²) in [6.45, 7) is 7.43. The molecular weight excluding hydrogens is 423 g/mol. The number of anilines is 2. The molecule has 0 aliphatic carbocycles. The summed E-state index contributed by atoms with van der Waals surface area (Å²) in [7, 11) is 0. The summed E-state index contributed by atoms with van der Waals surface area (Å²) in [6, 6.07) is 9.45. The fourth-order valence-corrected chi connectivity index (χ4v) is 3.33. The van der Waals surface area contributed by atoms with E-state index in [4.69, 9.17) is 0 Å². The normalized spacial score (nSPS) is 11.2. The lowest BCUT2D eigenvalue weighted by Crippen LogP contribution is -2.27. The highest BCUT2D eigenvalue weighted by Crippen LogP contribution is 2.29. The smallest absolute Gasteiger partial charge is 0.266 e. The van der Waals surface area contributed by atoms with Crippen molar-refractivity contribution >= 4 is 56.4 Å². The molecule has 2 amide bonds. The summed E-state index contributed by atoms with van der Waals surface area (Å²) in [4.78, 5) is 25.1. The highest BCUT2D eigenvalue weighted by atomic mass is 127. The molecule has 1 heterocycles. The van der Waals surface area contributed by atoms with Crippen LogP contribution >= 0.6 is 33.9 Å². The number of rotatable bonds is 3. The maximum Gasteiger partial charge on any atom is 0.266 e. The Morgan fingerprint density at radius 1 is 1.13 bits per heavy atom. The van der Waals surface area contributed by atoms with Crippen LogP contribution in [0.3, 0.4) is 0 Å². The molecule has 0 spiro atoms. The molecule has 1 aromatic carbocycles. The van der Waals surface area contributed by atoms with Gasteiger partial charge in [0.25, 0.3) is 5.91 Å². The number of carbonyl (C=O) groups excluding carboxylic acids is 2. The van der Waals surface area contributed by atoms with Crippen LogP contribution in [0.5, 0.6) is 0 Å². The highest BCUT2D eigenvalue weighted by molar-refractivity contribution is 14.1. The third kappa shape index (κ3) is 4.78. The monoisotopic (exact) mass is 442 g/mol. The highest BCUT2D eigenvalue weighted by Gasteiger charge is 2.23. The van der Waals surface area contributed by atoms with E-state index >= 15 is 0 Å². The quantitative estimate of drug-likeness (QED) is 0.665. The molecule has 0 saturated carbocycles. The molecule has 0 aliphatic rings. The van der Waals surface area contributed by atoms with Crippen molar-refractivity contribution in [1.82, 2.24) is 0 Å². The van der Waals surface area contributed by atoms with Crippen LogP contribution in [0.1, 0.15) is 36.0 Å². The fourth-order valence-electron chi connectivity index (χ4n) is 1.82. The summed E-state index contributed by atoms with van der Waals surface area (Å²) in [6.07, 6.45) is 0. The Morgan fingerprint density at radius 3 is 2.43 bits per heavy atom. The summed E-state index contributed by atoms with van der Waals surface area (Å²) < 4.78 is 1.06. The molecule has 4 nitrogen and oxygen atoms in total. The van der Waals surface area contributed by atoms with E-state index < -0.39 is 5.41 Å². The minimum Gasteiger partial charge on any atom is -0.321 e. The number of carbonyl (C=O) groups is 2.